The lowest BCUT2D eigenvalue weighted by molar-refractivity contribution is -0.136. The maximum Gasteiger partial charge on any atom is 0.309 e. The Morgan fingerprint density at radius 1 is 1.33 bits per heavy atom. The molecule has 100 valence electrons. The zero-order chi connectivity index (χ0) is 14.2. The molecule has 1 N–H and O–H groups in total. The summed E-state index contributed by atoms with van der Waals surface area (Å²) in [6.45, 7) is 7.77. The first-order valence-electron chi connectivity index (χ1n) is 5.67. The number of nitrogens with zero attached hydrogens (tertiary/aromatic N) is 1. The second-order valence-corrected chi connectivity index (χ2v) is 5.79. The molecule has 18 heavy (non-hydrogen) atoms. The van der Waals surface area contributed by atoms with Crippen molar-refractivity contribution in [3.63, 3.8) is 0 Å². The van der Waals surface area contributed by atoms with Crippen LogP contribution in [-0.2, 0) is 23.7 Å². The standard InChI is InChI=1S/C13H18ClNO3/c1-7-10(13(2,3)4)8(6-9(16)17)15(5)11(7)12(14)18/h6H2,1-5H3,(H,16,17). The van der Waals surface area contributed by atoms with Crippen LogP contribution in [0.5, 0.6) is 0 Å². The number of carbonyl (C=O) groups is 2. The van der Waals surface area contributed by atoms with E-state index in [1.54, 1.807) is 11.6 Å². The van der Waals surface area contributed by atoms with Gasteiger partial charge >= 0.3 is 5.97 Å². The summed E-state index contributed by atoms with van der Waals surface area (Å²) in [5.74, 6) is -0.922. The van der Waals surface area contributed by atoms with Crippen LogP contribution in [0, 0.1) is 6.92 Å². The molecule has 0 unspecified atom stereocenters. The summed E-state index contributed by atoms with van der Waals surface area (Å²) in [6, 6.07) is 0. The molecule has 0 saturated heterocycles. The van der Waals surface area contributed by atoms with Crippen LogP contribution < -0.4 is 0 Å². The van der Waals surface area contributed by atoms with E-state index < -0.39 is 11.2 Å². The van der Waals surface area contributed by atoms with Crippen LogP contribution in [0.2, 0.25) is 0 Å². The predicted molar refractivity (Wildman–Crippen MR) is 70.4 cm³/mol. The van der Waals surface area contributed by atoms with E-state index in [2.05, 4.69) is 0 Å². The van der Waals surface area contributed by atoms with Crippen LogP contribution in [0.15, 0.2) is 0 Å². The molecule has 4 nitrogen and oxygen atoms in total. The van der Waals surface area contributed by atoms with Gasteiger partial charge in [-0.3, -0.25) is 9.59 Å². The lowest BCUT2D eigenvalue weighted by Crippen LogP contribution is -2.17. The smallest absolute Gasteiger partial charge is 0.309 e. The Balaban J connectivity index is 3.62. The minimum Gasteiger partial charge on any atom is -0.481 e. The van der Waals surface area contributed by atoms with Gasteiger partial charge in [-0.25, -0.2) is 0 Å². The number of aromatic nitrogens is 1. The molecular formula is C13H18ClNO3. The Kier molecular flexibility index (Phi) is 3.91. The minimum atomic E-state index is -0.922. The van der Waals surface area contributed by atoms with Crippen LogP contribution in [0.3, 0.4) is 0 Å². The molecule has 0 aliphatic rings. The van der Waals surface area contributed by atoms with Crippen molar-refractivity contribution < 1.29 is 14.7 Å². The number of rotatable bonds is 3. The molecule has 0 fully saturated rings. The number of hydrogen-bond donors (Lipinski definition) is 1. The highest BCUT2D eigenvalue weighted by atomic mass is 35.5. The maximum absolute atomic E-state index is 11.5. The minimum absolute atomic E-state index is 0.117. The molecule has 0 saturated carbocycles. The van der Waals surface area contributed by atoms with Crippen LogP contribution in [-0.4, -0.2) is 20.9 Å². The summed E-state index contributed by atoms with van der Waals surface area (Å²) < 4.78 is 1.60. The van der Waals surface area contributed by atoms with E-state index in [4.69, 9.17) is 16.7 Å². The molecular weight excluding hydrogens is 254 g/mol. The third-order valence-electron chi connectivity index (χ3n) is 3.01. The highest BCUT2D eigenvalue weighted by Gasteiger charge is 2.29. The zero-order valence-corrected chi connectivity index (χ0v) is 12.1. The second kappa shape index (κ2) is 4.76. The van der Waals surface area contributed by atoms with Crippen molar-refractivity contribution in [3.05, 3.63) is 22.5 Å². The van der Waals surface area contributed by atoms with E-state index in [0.29, 0.717) is 11.4 Å². The van der Waals surface area contributed by atoms with Gasteiger partial charge in [0.05, 0.1) is 6.42 Å². The van der Waals surface area contributed by atoms with Crippen molar-refractivity contribution in [1.82, 2.24) is 4.57 Å². The largest absolute Gasteiger partial charge is 0.481 e. The quantitative estimate of drug-likeness (QED) is 0.860. The molecule has 0 bridgehead atoms. The molecule has 0 aromatic carbocycles. The summed E-state index contributed by atoms with van der Waals surface area (Å²) in [5.41, 5.74) is 2.42. The number of halogens is 1. The number of aliphatic carboxylic acids is 1. The number of carboxylic acid groups (broad SMARTS) is 1. The fourth-order valence-electron chi connectivity index (χ4n) is 2.51. The highest BCUT2D eigenvalue weighted by Crippen LogP contribution is 2.33. The van der Waals surface area contributed by atoms with Crippen molar-refractivity contribution in [1.29, 1.82) is 0 Å². The van der Waals surface area contributed by atoms with E-state index in [1.807, 2.05) is 27.7 Å². The molecule has 1 heterocycles. The third kappa shape index (κ3) is 2.58. The molecule has 0 amide bonds. The van der Waals surface area contributed by atoms with E-state index >= 15 is 0 Å². The Morgan fingerprint density at radius 2 is 1.83 bits per heavy atom. The molecule has 0 atom stereocenters. The molecule has 1 rings (SSSR count). The zero-order valence-electron chi connectivity index (χ0n) is 11.3. The topological polar surface area (TPSA) is 59.3 Å². The first kappa shape index (κ1) is 14.8. The predicted octanol–water partition coefficient (Wildman–Crippen LogP) is 2.64. The fourth-order valence-corrected chi connectivity index (χ4v) is 2.78. The maximum atomic E-state index is 11.5. The van der Waals surface area contributed by atoms with Gasteiger partial charge in [-0.05, 0) is 35.1 Å². The summed E-state index contributed by atoms with van der Waals surface area (Å²) in [4.78, 5) is 22.4. The van der Waals surface area contributed by atoms with Crippen molar-refractivity contribution in [2.45, 2.75) is 39.5 Å². The Bertz CT molecular complexity index is 509. The second-order valence-electron chi connectivity index (χ2n) is 5.45. The molecule has 0 spiro atoms. The Morgan fingerprint density at radius 3 is 2.17 bits per heavy atom. The fraction of sp³-hybridized carbons (Fsp3) is 0.538. The molecule has 5 heteroatoms. The van der Waals surface area contributed by atoms with E-state index in [1.165, 1.54) is 0 Å². The van der Waals surface area contributed by atoms with Gasteiger partial charge in [0, 0.05) is 12.7 Å². The first-order valence-corrected chi connectivity index (χ1v) is 6.05. The van der Waals surface area contributed by atoms with Crippen molar-refractivity contribution in [2.24, 2.45) is 7.05 Å². The Hall–Kier alpha value is -1.29. The highest BCUT2D eigenvalue weighted by molar-refractivity contribution is 6.67. The van der Waals surface area contributed by atoms with Crippen LogP contribution in [0.25, 0.3) is 0 Å². The van der Waals surface area contributed by atoms with Gasteiger partial charge in [-0.2, -0.15) is 0 Å². The molecule has 0 aliphatic carbocycles. The number of hydrogen-bond acceptors (Lipinski definition) is 2. The third-order valence-corrected chi connectivity index (χ3v) is 3.19. The summed E-state index contributed by atoms with van der Waals surface area (Å²) in [7, 11) is 1.68. The summed E-state index contributed by atoms with van der Waals surface area (Å²) >= 11 is 5.58. The van der Waals surface area contributed by atoms with E-state index in [-0.39, 0.29) is 11.8 Å². The van der Waals surface area contributed by atoms with Gasteiger partial charge in [0.25, 0.3) is 5.24 Å². The van der Waals surface area contributed by atoms with Gasteiger partial charge in [0.15, 0.2) is 0 Å². The van der Waals surface area contributed by atoms with Crippen LogP contribution in [0.1, 0.15) is 48.1 Å². The molecule has 1 aromatic rings. The Labute approximate surface area is 112 Å². The molecule has 0 aliphatic heterocycles. The van der Waals surface area contributed by atoms with Crippen LogP contribution in [0.4, 0.5) is 0 Å². The van der Waals surface area contributed by atoms with E-state index in [0.717, 1.165) is 11.1 Å². The van der Waals surface area contributed by atoms with Gasteiger partial charge in [0.2, 0.25) is 0 Å². The van der Waals surface area contributed by atoms with Crippen molar-refractivity contribution in [2.75, 3.05) is 0 Å². The van der Waals surface area contributed by atoms with Crippen molar-refractivity contribution >= 4 is 22.8 Å². The summed E-state index contributed by atoms with van der Waals surface area (Å²) in [5, 5.41) is 8.43. The van der Waals surface area contributed by atoms with Gasteiger partial charge in [-0.1, -0.05) is 20.8 Å². The van der Waals surface area contributed by atoms with Gasteiger partial charge in [0.1, 0.15) is 5.69 Å². The monoisotopic (exact) mass is 271 g/mol. The number of carboxylic acids is 1. The van der Waals surface area contributed by atoms with E-state index in [9.17, 15) is 9.59 Å². The average Bonchev–Trinajstić information content (AvgIpc) is 2.35. The summed E-state index contributed by atoms with van der Waals surface area (Å²) in [6.07, 6.45) is -0.117. The lowest BCUT2D eigenvalue weighted by atomic mass is 9.83. The SMILES string of the molecule is Cc1c(C(C)(C)C)c(CC(=O)O)n(C)c1C(=O)Cl. The van der Waals surface area contributed by atoms with Gasteiger partial charge < -0.3 is 9.67 Å². The first-order chi connectivity index (χ1) is 8.07. The molecule has 0 radical (unpaired) electrons. The molecule has 1 aromatic heterocycles. The van der Waals surface area contributed by atoms with Gasteiger partial charge in [-0.15, -0.1) is 0 Å². The van der Waals surface area contributed by atoms with Crippen molar-refractivity contribution in [3.8, 4) is 0 Å². The lowest BCUT2D eigenvalue weighted by Gasteiger charge is -2.21. The average molecular weight is 272 g/mol. The van der Waals surface area contributed by atoms with Crippen LogP contribution >= 0.6 is 11.6 Å². The normalized spacial score (nSPS) is 11.7. The number of carbonyl (C=O) groups excluding carboxylic acids is 1.